The summed E-state index contributed by atoms with van der Waals surface area (Å²) in [6.07, 6.45) is 0.0719. The smallest absolute Gasteiger partial charge is 0.279 e. The van der Waals surface area contributed by atoms with E-state index in [9.17, 15) is 18.0 Å². The highest BCUT2D eigenvalue weighted by Crippen LogP contribution is 2.22. The molecular weight excluding hydrogens is 382 g/mol. The molecule has 0 spiro atoms. The third-order valence-corrected chi connectivity index (χ3v) is 7.00. The van der Waals surface area contributed by atoms with Gasteiger partial charge in [0.1, 0.15) is 5.75 Å². The number of carbonyl (C=O) groups excluding carboxylic acids is 2. The number of ether oxygens (including phenoxy) is 1. The predicted molar refractivity (Wildman–Crippen MR) is 106 cm³/mol. The molecule has 8 nitrogen and oxygen atoms in total. The molecule has 2 N–H and O–H groups in total. The second-order valence-electron chi connectivity index (χ2n) is 7.01. The molecule has 0 saturated carbocycles. The fourth-order valence-corrected chi connectivity index (χ4v) is 4.13. The van der Waals surface area contributed by atoms with Gasteiger partial charge in [0.2, 0.25) is 15.9 Å². The minimum absolute atomic E-state index is 0.0538. The minimum Gasteiger partial charge on any atom is -0.481 e. The van der Waals surface area contributed by atoms with E-state index in [1.54, 1.807) is 19.9 Å². The molecule has 0 aliphatic carbocycles. The summed E-state index contributed by atoms with van der Waals surface area (Å²) < 4.78 is 30.8. The number of nitrogens with one attached hydrogen (secondary N) is 2. The van der Waals surface area contributed by atoms with Gasteiger partial charge in [-0.3, -0.25) is 20.4 Å². The number of benzene rings is 1. The number of sulfonamides is 1. The lowest BCUT2D eigenvalue weighted by Gasteiger charge is -2.30. The average Bonchev–Trinajstić information content (AvgIpc) is 2.69. The first-order chi connectivity index (χ1) is 13.2. The van der Waals surface area contributed by atoms with Gasteiger partial charge in [-0.25, -0.2) is 12.7 Å². The van der Waals surface area contributed by atoms with Crippen molar-refractivity contribution in [2.24, 2.45) is 5.92 Å². The van der Waals surface area contributed by atoms with Gasteiger partial charge in [0.15, 0.2) is 6.10 Å². The topological polar surface area (TPSA) is 105 Å². The van der Waals surface area contributed by atoms with Crippen LogP contribution in [0.5, 0.6) is 5.75 Å². The standard InChI is InChI=1S/C19H29N3O5S/c1-5-28(25,26)22-11-9-16(10-12-22)19(24)21-20-18(23)15(4)27-17-8-6-7-13(2)14(17)3/h6-8,15-16H,5,9-12H2,1-4H3,(H,20,23)(H,21,24). The molecule has 1 fully saturated rings. The predicted octanol–water partition coefficient (Wildman–Crippen LogP) is 1.28. The third-order valence-electron chi connectivity index (χ3n) is 5.12. The van der Waals surface area contributed by atoms with E-state index in [1.807, 2.05) is 26.0 Å². The van der Waals surface area contributed by atoms with E-state index in [0.29, 0.717) is 31.7 Å². The minimum atomic E-state index is -3.23. The second-order valence-corrected chi connectivity index (χ2v) is 9.27. The Morgan fingerprint density at radius 1 is 1.21 bits per heavy atom. The number of hydrazine groups is 1. The van der Waals surface area contributed by atoms with Crippen molar-refractivity contribution >= 4 is 21.8 Å². The van der Waals surface area contributed by atoms with Gasteiger partial charge in [0, 0.05) is 19.0 Å². The van der Waals surface area contributed by atoms with Crippen molar-refractivity contribution in [1.82, 2.24) is 15.2 Å². The van der Waals surface area contributed by atoms with Crippen LogP contribution in [-0.4, -0.2) is 49.5 Å². The summed E-state index contributed by atoms with van der Waals surface area (Å²) in [4.78, 5) is 24.5. The number of aryl methyl sites for hydroxylation is 1. The normalized spacial score (nSPS) is 17.0. The first-order valence-electron chi connectivity index (χ1n) is 9.46. The van der Waals surface area contributed by atoms with Gasteiger partial charge >= 0.3 is 0 Å². The monoisotopic (exact) mass is 411 g/mol. The molecule has 0 aromatic heterocycles. The number of amides is 2. The van der Waals surface area contributed by atoms with Gasteiger partial charge in [0.25, 0.3) is 5.91 Å². The highest BCUT2D eigenvalue weighted by molar-refractivity contribution is 7.89. The molecule has 1 saturated heterocycles. The molecule has 1 aliphatic rings. The quantitative estimate of drug-likeness (QED) is 0.686. The van der Waals surface area contributed by atoms with Crippen LogP contribution in [0.1, 0.15) is 37.8 Å². The Morgan fingerprint density at radius 3 is 2.46 bits per heavy atom. The largest absolute Gasteiger partial charge is 0.481 e. The van der Waals surface area contributed by atoms with E-state index in [1.165, 1.54) is 4.31 Å². The summed E-state index contributed by atoms with van der Waals surface area (Å²) in [6.45, 7) is 7.72. The molecule has 0 radical (unpaired) electrons. The van der Waals surface area contributed by atoms with Crippen LogP contribution in [0.3, 0.4) is 0 Å². The van der Waals surface area contributed by atoms with Crippen LogP contribution in [0.15, 0.2) is 18.2 Å². The number of rotatable bonds is 6. The third kappa shape index (κ3) is 5.45. The lowest BCUT2D eigenvalue weighted by atomic mass is 9.98. The second kappa shape index (κ2) is 9.38. The van der Waals surface area contributed by atoms with Crippen LogP contribution in [0.2, 0.25) is 0 Å². The summed E-state index contributed by atoms with van der Waals surface area (Å²) in [6, 6.07) is 5.61. The fraction of sp³-hybridized carbons (Fsp3) is 0.579. The lowest BCUT2D eigenvalue weighted by Crippen LogP contribution is -2.51. The van der Waals surface area contributed by atoms with Gasteiger partial charge in [-0.05, 0) is 57.7 Å². The van der Waals surface area contributed by atoms with Crippen molar-refractivity contribution in [2.45, 2.75) is 46.6 Å². The molecular formula is C19H29N3O5S. The van der Waals surface area contributed by atoms with Crippen LogP contribution < -0.4 is 15.6 Å². The Balaban J connectivity index is 1.81. The van der Waals surface area contributed by atoms with E-state index in [2.05, 4.69) is 10.9 Å². The van der Waals surface area contributed by atoms with Gasteiger partial charge in [-0.1, -0.05) is 12.1 Å². The van der Waals surface area contributed by atoms with Crippen molar-refractivity contribution in [3.63, 3.8) is 0 Å². The molecule has 156 valence electrons. The fourth-order valence-electron chi connectivity index (χ4n) is 3.00. The van der Waals surface area contributed by atoms with E-state index < -0.39 is 22.0 Å². The SMILES string of the molecule is CCS(=O)(=O)N1CCC(C(=O)NNC(=O)C(C)Oc2cccc(C)c2C)CC1. The van der Waals surface area contributed by atoms with Crippen molar-refractivity contribution in [1.29, 1.82) is 0 Å². The maximum absolute atomic E-state index is 12.3. The zero-order valence-electron chi connectivity index (χ0n) is 16.8. The van der Waals surface area contributed by atoms with Crippen molar-refractivity contribution < 1.29 is 22.7 Å². The summed E-state index contributed by atoms with van der Waals surface area (Å²) >= 11 is 0. The van der Waals surface area contributed by atoms with Crippen LogP contribution in [-0.2, 0) is 19.6 Å². The number of carbonyl (C=O) groups is 2. The number of hydrogen-bond acceptors (Lipinski definition) is 5. The van der Waals surface area contributed by atoms with E-state index in [4.69, 9.17) is 4.74 Å². The van der Waals surface area contributed by atoms with Crippen LogP contribution in [0, 0.1) is 19.8 Å². The molecule has 9 heteroatoms. The molecule has 1 aromatic carbocycles. The van der Waals surface area contributed by atoms with Gasteiger partial charge in [-0.15, -0.1) is 0 Å². The van der Waals surface area contributed by atoms with Crippen LogP contribution in [0.4, 0.5) is 0 Å². The Bertz CT molecular complexity index is 817. The lowest BCUT2D eigenvalue weighted by molar-refractivity contribution is -0.134. The molecule has 1 aliphatic heterocycles. The highest BCUT2D eigenvalue weighted by atomic mass is 32.2. The Labute approximate surface area is 166 Å². The first-order valence-corrected chi connectivity index (χ1v) is 11.1. The first kappa shape index (κ1) is 22.2. The molecule has 1 heterocycles. The zero-order chi connectivity index (χ0) is 20.9. The van der Waals surface area contributed by atoms with E-state index in [0.717, 1.165) is 11.1 Å². The molecule has 0 bridgehead atoms. The molecule has 1 atom stereocenters. The molecule has 1 aromatic rings. The highest BCUT2D eigenvalue weighted by Gasteiger charge is 2.30. The zero-order valence-corrected chi connectivity index (χ0v) is 17.6. The summed E-state index contributed by atoms with van der Waals surface area (Å²) in [5.41, 5.74) is 6.84. The Hall–Kier alpha value is -2.13. The molecule has 2 amide bonds. The maximum Gasteiger partial charge on any atom is 0.279 e. The summed E-state index contributed by atoms with van der Waals surface area (Å²) in [7, 11) is -3.23. The van der Waals surface area contributed by atoms with Crippen LogP contribution >= 0.6 is 0 Å². The Morgan fingerprint density at radius 2 is 1.86 bits per heavy atom. The average molecular weight is 412 g/mol. The summed E-state index contributed by atoms with van der Waals surface area (Å²) in [5, 5.41) is 0. The number of nitrogens with zero attached hydrogens (tertiary/aromatic N) is 1. The molecule has 28 heavy (non-hydrogen) atoms. The van der Waals surface area contributed by atoms with Crippen molar-refractivity contribution in [3.05, 3.63) is 29.3 Å². The Kier molecular flexibility index (Phi) is 7.42. The van der Waals surface area contributed by atoms with Gasteiger partial charge in [-0.2, -0.15) is 0 Å². The van der Waals surface area contributed by atoms with Gasteiger partial charge in [0.05, 0.1) is 5.75 Å². The van der Waals surface area contributed by atoms with E-state index >= 15 is 0 Å². The maximum atomic E-state index is 12.3. The van der Waals surface area contributed by atoms with Crippen LogP contribution in [0.25, 0.3) is 0 Å². The van der Waals surface area contributed by atoms with E-state index in [-0.39, 0.29) is 17.6 Å². The summed E-state index contributed by atoms with van der Waals surface area (Å²) in [5.74, 6) is -0.434. The van der Waals surface area contributed by atoms with Crippen molar-refractivity contribution in [3.8, 4) is 5.75 Å². The van der Waals surface area contributed by atoms with Crippen molar-refractivity contribution in [2.75, 3.05) is 18.8 Å². The number of piperidine rings is 1. The number of hydrogen-bond donors (Lipinski definition) is 2. The molecule has 2 rings (SSSR count). The van der Waals surface area contributed by atoms with Gasteiger partial charge < -0.3 is 4.74 Å². The molecule has 1 unspecified atom stereocenters.